The highest BCUT2D eigenvalue weighted by atomic mass is 79.9. The van der Waals surface area contributed by atoms with Gasteiger partial charge in [0.25, 0.3) is 0 Å². The minimum absolute atomic E-state index is 0.260. The van der Waals surface area contributed by atoms with Crippen molar-refractivity contribution in [3.63, 3.8) is 0 Å². The van der Waals surface area contributed by atoms with Crippen LogP contribution in [0.1, 0.15) is 30.6 Å². The topological polar surface area (TPSA) is 29.3 Å². The molecule has 1 saturated carbocycles. The van der Waals surface area contributed by atoms with E-state index in [1.54, 1.807) is 0 Å². The van der Waals surface area contributed by atoms with Crippen molar-refractivity contribution in [3.8, 4) is 0 Å². The Labute approximate surface area is 110 Å². The molecule has 1 aromatic rings. The van der Waals surface area contributed by atoms with Crippen molar-refractivity contribution in [2.24, 2.45) is 5.73 Å². The highest BCUT2D eigenvalue weighted by molar-refractivity contribution is 9.10. The molecule has 0 unspecified atom stereocenters. The lowest BCUT2D eigenvalue weighted by atomic mass is 9.96. The molecule has 1 aromatic heterocycles. The van der Waals surface area contributed by atoms with Gasteiger partial charge in [-0.25, -0.2) is 0 Å². The Morgan fingerprint density at radius 3 is 2.69 bits per heavy atom. The first-order valence-electron chi connectivity index (χ1n) is 5.80. The van der Waals surface area contributed by atoms with Crippen LogP contribution in [0.2, 0.25) is 0 Å². The number of hydrogen-bond donors (Lipinski definition) is 1. The second kappa shape index (κ2) is 5.17. The molecular weight excluding hydrogens is 284 g/mol. The largest absolute Gasteiger partial charge is 0.329 e. The van der Waals surface area contributed by atoms with Gasteiger partial charge < -0.3 is 5.73 Å². The predicted octanol–water partition coefficient (Wildman–Crippen LogP) is 3.21. The van der Waals surface area contributed by atoms with Gasteiger partial charge in [-0.3, -0.25) is 4.90 Å². The van der Waals surface area contributed by atoms with Crippen molar-refractivity contribution in [2.45, 2.75) is 37.8 Å². The molecule has 90 valence electrons. The van der Waals surface area contributed by atoms with E-state index < -0.39 is 0 Å². The maximum atomic E-state index is 5.98. The van der Waals surface area contributed by atoms with Crippen molar-refractivity contribution < 1.29 is 0 Å². The molecule has 1 aliphatic carbocycles. The molecule has 0 amide bonds. The monoisotopic (exact) mass is 302 g/mol. The van der Waals surface area contributed by atoms with Crippen LogP contribution in [0.25, 0.3) is 0 Å². The van der Waals surface area contributed by atoms with Crippen molar-refractivity contribution in [1.82, 2.24) is 4.90 Å². The van der Waals surface area contributed by atoms with Gasteiger partial charge in [-0.05, 0) is 41.9 Å². The zero-order valence-corrected chi connectivity index (χ0v) is 12.1. The highest BCUT2D eigenvalue weighted by Gasteiger charge is 2.36. The van der Waals surface area contributed by atoms with E-state index in [2.05, 4.69) is 39.3 Å². The standard InChI is InChI=1S/C12H19BrN2S/c1-15(7-11-6-10(13)8-16-11)12(9-14)4-2-3-5-12/h6,8H,2-5,7,9,14H2,1H3. The molecule has 4 heteroatoms. The third-order valence-electron chi connectivity index (χ3n) is 3.74. The van der Waals surface area contributed by atoms with Gasteiger partial charge in [-0.2, -0.15) is 0 Å². The van der Waals surface area contributed by atoms with E-state index in [0.29, 0.717) is 0 Å². The van der Waals surface area contributed by atoms with Gasteiger partial charge in [-0.15, -0.1) is 11.3 Å². The molecule has 0 atom stereocenters. The average Bonchev–Trinajstić information content (AvgIpc) is 2.88. The fraction of sp³-hybridized carbons (Fsp3) is 0.667. The van der Waals surface area contributed by atoms with E-state index in [-0.39, 0.29) is 5.54 Å². The highest BCUT2D eigenvalue weighted by Crippen LogP contribution is 2.35. The normalized spacial score (nSPS) is 19.5. The van der Waals surface area contributed by atoms with Crippen LogP contribution in [0.3, 0.4) is 0 Å². The number of likely N-dealkylation sites (N-methyl/N-ethyl adjacent to an activating group) is 1. The number of hydrogen-bond acceptors (Lipinski definition) is 3. The van der Waals surface area contributed by atoms with Gasteiger partial charge in [0.1, 0.15) is 0 Å². The SMILES string of the molecule is CN(Cc1cc(Br)cs1)C1(CN)CCCC1. The summed E-state index contributed by atoms with van der Waals surface area (Å²) in [5, 5.41) is 2.15. The lowest BCUT2D eigenvalue weighted by molar-refractivity contribution is 0.125. The van der Waals surface area contributed by atoms with E-state index in [1.165, 1.54) is 35.0 Å². The molecule has 1 heterocycles. The summed E-state index contributed by atoms with van der Waals surface area (Å²) >= 11 is 5.32. The minimum atomic E-state index is 0.260. The Hall–Kier alpha value is 0.1000. The molecule has 2 rings (SSSR count). The summed E-state index contributed by atoms with van der Waals surface area (Å²) in [4.78, 5) is 3.87. The summed E-state index contributed by atoms with van der Waals surface area (Å²) < 4.78 is 1.19. The van der Waals surface area contributed by atoms with E-state index in [0.717, 1.165) is 13.1 Å². The minimum Gasteiger partial charge on any atom is -0.329 e. The quantitative estimate of drug-likeness (QED) is 0.925. The number of thiophene rings is 1. The van der Waals surface area contributed by atoms with Gasteiger partial charge in [0.05, 0.1) is 0 Å². The molecule has 16 heavy (non-hydrogen) atoms. The molecule has 1 fully saturated rings. The third kappa shape index (κ3) is 2.50. The summed E-state index contributed by atoms with van der Waals surface area (Å²) in [6.45, 7) is 1.81. The van der Waals surface area contributed by atoms with Crippen LogP contribution in [-0.2, 0) is 6.54 Å². The third-order valence-corrected chi connectivity index (χ3v) is 5.42. The van der Waals surface area contributed by atoms with Crippen LogP contribution in [0.15, 0.2) is 15.9 Å². The second-order valence-electron chi connectivity index (χ2n) is 4.72. The second-order valence-corrected chi connectivity index (χ2v) is 6.63. The molecule has 0 bridgehead atoms. The Kier molecular flexibility index (Phi) is 4.06. The predicted molar refractivity (Wildman–Crippen MR) is 73.7 cm³/mol. The van der Waals surface area contributed by atoms with E-state index >= 15 is 0 Å². The van der Waals surface area contributed by atoms with Gasteiger partial charge in [0, 0.05) is 33.4 Å². The van der Waals surface area contributed by atoms with Gasteiger partial charge in [-0.1, -0.05) is 12.8 Å². The average molecular weight is 303 g/mol. The van der Waals surface area contributed by atoms with Crippen molar-refractivity contribution in [3.05, 3.63) is 20.8 Å². The summed E-state index contributed by atoms with van der Waals surface area (Å²) in [7, 11) is 2.21. The Morgan fingerprint density at radius 2 is 2.19 bits per heavy atom. The lowest BCUT2D eigenvalue weighted by Crippen LogP contribution is -2.49. The number of nitrogens with two attached hydrogens (primary N) is 1. The number of nitrogens with zero attached hydrogens (tertiary/aromatic N) is 1. The molecule has 0 aliphatic heterocycles. The van der Waals surface area contributed by atoms with Crippen LogP contribution >= 0.6 is 27.3 Å². The van der Waals surface area contributed by atoms with Crippen LogP contribution < -0.4 is 5.73 Å². The van der Waals surface area contributed by atoms with Crippen molar-refractivity contribution in [2.75, 3.05) is 13.6 Å². The van der Waals surface area contributed by atoms with Crippen molar-refractivity contribution in [1.29, 1.82) is 0 Å². The summed E-state index contributed by atoms with van der Waals surface area (Å²) in [5.41, 5.74) is 6.24. The lowest BCUT2D eigenvalue weighted by Gasteiger charge is -2.37. The van der Waals surface area contributed by atoms with Gasteiger partial charge >= 0.3 is 0 Å². The Morgan fingerprint density at radius 1 is 1.50 bits per heavy atom. The number of rotatable bonds is 4. The number of halogens is 1. The van der Waals surface area contributed by atoms with Crippen LogP contribution in [0, 0.1) is 0 Å². The maximum absolute atomic E-state index is 5.98. The maximum Gasteiger partial charge on any atom is 0.0332 e. The zero-order valence-electron chi connectivity index (χ0n) is 9.71. The van der Waals surface area contributed by atoms with Crippen LogP contribution in [0.4, 0.5) is 0 Å². The summed E-state index contributed by atoms with van der Waals surface area (Å²) in [5.74, 6) is 0. The van der Waals surface area contributed by atoms with Gasteiger partial charge in [0.2, 0.25) is 0 Å². The molecule has 0 spiro atoms. The Bertz CT molecular complexity index is 345. The van der Waals surface area contributed by atoms with E-state index in [1.807, 2.05) is 11.3 Å². The molecule has 0 saturated heterocycles. The molecule has 0 radical (unpaired) electrons. The van der Waals surface area contributed by atoms with E-state index in [4.69, 9.17) is 5.73 Å². The first-order chi connectivity index (χ1) is 7.66. The first-order valence-corrected chi connectivity index (χ1v) is 7.48. The fourth-order valence-electron chi connectivity index (χ4n) is 2.61. The summed E-state index contributed by atoms with van der Waals surface area (Å²) in [6, 6.07) is 2.21. The molecule has 0 aromatic carbocycles. The van der Waals surface area contributed by atoms with Crippen molar-refractivity contribution >= 4 is 27.3 Å². The van der Waals surface area contributed by atoms with Gasteiger partial charge in [0.15, 0.2) is 0 Å². The fourth-order valence-corrected chi connectivity index (χ4v) is 4.12. The van der Waals surface area contributed by atoms with Crippen LogP contribution in [0.5, 0.6) is 0 Å². The smallest absolute Gasteiger partial charge is 0.0332 e. The molecular formula is C12H19BrN2S. The zero-order chi connectivity index (χ0) is 11.6. The first kappa shape index (κ1) is 12.6. The summed E-state index contributed by atoms with van der Waals surface area (Å²) in [6.07, 6.45) is 5.17. The Balaban J connectivity index is 2.03. The molecule has 2 nitrogen and oxygen atoms in total. The van der Waals surface area contributed by atoms with Crippen LogP contribution in [-0.4, -0.2) is 24.0 Å². The van der Waals surface area contributed by atoms with E-state index in [9.17, 15) is 0 Å². The molecule has 1 aliphatic rings. The molecule has 2 N–H and O–H groups in total.